The zero-order valence-electron chi connectivity index (χ0n) is 8.75. The summed E-state index contributed by atoms with van der Waals surface area (Å²) >= 11 is 7.53. The molecule has 0 aromatic rings. The minimum atomic E-state index is -1.06. The molecule has 0 aromatic heterocycles. The summed E-state index contributed by atoms with van der Waals surface area (Å²) in [5.41, 5.74) is 4.95. The summed E-state index contributed by atoms with van der Waals surface area (Å²) in [6.07, 6.45) is 0. The number of hydrogen-bond donors (Lipinski definition) is 5. The number of carbonyl (C=O) groups is 2. The molecule has 0 aliphatic carbocycles. The summed E-state index contributed by atoms with van der Waals surface area (Å²) in [5.74, 6) is -0.527. The van der Waals surface area contributed by atoms with Crippen LogP contribution in [0.15, 0.2) is 0 Å². The van der Waals surface area contributed by atoms with Crippen LogP contribution in [-0.4, -0.2) is 41.1 Å². The number of amides is 1. The van der Waals surface area contributed by atoms with E-state index < -0.39 is 12.0 Å². The van der Waals surface area contributed by atoms with Gasteiger partial charge in [-0.3, -0.25) is 4.79 Å². The molecule has 1 unspecified atom stereocenters. The Kier molecular flexibility index (Phi) is 27.6. The maximum Gasteiger partial charge on any atom is 0.327 e. The van der Waals surface area contributed by atoms with Crippen molar-refractivity contribution in [3.8, 4) is 0 Å². The maximum atomic E-state index is 10.3. The molecule has 5 nitrogen and oxygen atoms in total. The zero-order chi connectivity index (χ0) is 11.6. The molecule has 0 aliphatic rings. The third-order valence-corrected chi connectivity index (χ3v) is 1.61. The van der Waals surface area contributed by atoms with E-state index >= 15 is 0 Å². The van der Waals surface area contributed by atoms with Gasteiger partial charge in [0.15, 0.2) is 0 Å². The number of carbonyl (C=O) groups excluding carboxylic acids is 1. The predicted octanol–water partition coefficient (Wildman–Crippen LogP) is 0.224. The van der Waals surface area contributed by atoms with Gasteiger partial charge in [-0.25, -0.2) is 4.79 Å². The second kappa shape index (κ2) is 17.6. The molecule has 0 spiro atoms. The molecule has 1 atom stereocenters. The van der Waals surface area contributed by atoms with E-state index in [-0.39, 0.29) is 36.5 Å². The Hall–Kier alpha value is 0.180. The van der Waals surface area contributed by atoms with Crippen LogP contribution in [0.1, 0.15) is 6.92 Å². The molecular weight excluding hydrogens is 295 g/mol. The van der Waals surface area contributed by atoms with Gasteiger partial charge in [0, 0.05) is 25.0 Å². The van der Waals surface area contributed by atoms with E-state index in [1.165, 1.54) is 6.92 Å². The maximum absolute atomic E-state index is 10.3. The lowest BCUT2D eigenvalue weighted by Gasteiger charge is -2.08. The smallest absolute Gasteiger partial charge is 0.327 e. The predicted molar refractivity (Wildman–Crippen MR) is 76.5 cm³/mol. The molecule has 0 bridgehead atoms. The molecule has 0 aromatic carbocycles. The van der Waals surface area contributed by atoms with E-state index in [1.54, 1.807) is 0 Å². The molecule has 0 fully saturated rings. The Morgan fingerprint density at radius 3 is 1.81 bits per heavy atom. The van der Waals surface area contributed by atoms with Gasteiger partial charge in [0.05, 0.1) is 0 Å². The van der Waals surface area contributed by atoms with E-state index in [0.717, 1.165) is 5.75 Å². The highest BCUT2D eigenvalue weighted by Crippen LogP contribution is 1.86. The number of nitrogens with one attached hydrogen (secondary N) is 1. The molecule has 9 heteroatoms. The fourth-order valence-electron chi connectivity index (χ4n) is 0.431. The molecule has 0 saturated carbocycles. The van der Waals surface area contributed by atoms with E-state index in [1.807, 2.05) is 0 Å². The van der Waals surface area contributed by atoms with Crippen molar-refractivity contribution in [1.29, 1.82) is 0 Å². The van der Waals surface area contributed by atoms with Crippen LogP contribution in [0.3, 0.4) is 0 Å². The first-order valence-corrected chi connectivity index (χ1v) is 5.17. The summed E-state index contributed by atoms with van der Waals surface area (Å²) < 4.78 is 0. The SMILES string of the molecule is CC(=O)NC(CS)C(=O)O.Cl.Cl.NCCS. The summed E-state index contributed by atoms with van der Waals surface area (Å²) in [5, 5.41) is 10.6. The molecule has 0 radical (unpaired) electrons. The second-order valence-corrected chi connectivity index (χ2v) is 3.10. The van der Waals surface area contributed by atoms with Gasteiger partial charge in [0.1, 0.15) is 6.04 Å². The van der Waals surface area contributed by atoms with E-state index in [9.17, 15) is 9.59 Å². The van der Waals surface area contributed by atoms with Gasteiger partial charge in [0.25, 0.3) is 0 Å². The van der Waals surface area contributed by atoms with Crippen LogP contribution >= 0.6 is 50.1 Å². The number of thiol groups is 2. The number of halogens is 2. The third-order valence-electron chi connectivity index (χ3n) is 0.987. The number of carboxylic acid groups (broad SMARTS) is 1. The number of nitrogens with two attached hydrogens (primary N) is 1. The highest BCUT2D eigenvalue weighted by molar-refractivity contribution is 7.80. The first-order valence-electron chi connectivity index (χ1n) is 3.91. The van der Waals surface area contributed by atoms with Gasteiger partial charge >= 0.3 is 5.97 Å². The Morgan fingerprint density at radius 2 is 1.75 bits per heavy atom. The van der Waals surface area contributed by atoms with Crippen molar-refractivity contribution in [3.05, 3.63) is 0 Å². The van der Waals surface area contributed by atoms with Gasteiger partial charge in [-0.1, -0.05) is 0 Å². The van der Waals surface area contributed by atoms with Gasteiger partial charge in [-0.05, 0) is 0 Å². The first-order chi connectivity index (χ1) is 6.49. The molecule has 0 rings (SSSR count). The molecule has 0 aliphatic heterocycles. The van der Waals surface area contributed by atoms with Crippen molar-refractivity contribution in [2.45, 2.75) is 13.0 Å². The fraction of sp³-hybridized carbons (Fsp3) is 0.714. The Labute approximate surface area is 119 Å². The van der Waals surface area contributed by atoms with Crippen LogP contribution in [0.25, 0.3) is 0 Å². The molecule has 16 heavy (non-hydrogen) atoms. The monoisotopic (exact) mass is 312 g/mol. The van der Waals surface area contributed by atoms with Crippen molar-refractivity contribution in [1.82, 2.24) is 5.32 Å². The lowest BCUT2D eigenvalue weighted by Crippen LogP contribution is -2.40. The number of rotatable bonds is 4. The molecule has 4 N–H and O–H groups in total. The van der Waals surface area contributed by atoms with Crippen LogP contribution in [0.4, 0.5) is 0 Å². The van der Waals surface area contributed by atoms with Crippen molar-refractivity contribution < 1.29 is 14.7 Å². The average Bonchev–Trinajstić information content (AvgIpc) is 2.14. The van der Waals surface area contributed by atoms with E-state index in [0.29, 0.717) is 6.54 Å². The third kappa shape index (κ3) is 19.7. The average molecular weight is 313 g/mol. The molecule has 0 saturated heterocycles. The van der Waals surface area contributed by atoms with Gasteiger partial charge in [-0.15, -0.1) is 24.8 Å². The molecule has 100 valence electrons. The van der Waals surface area contributed by atoms with Crippen LogP contribution in [0.5, 0.6) is 0 Å². The minimum Gasteiger partial charge on any atom is -0.480 e. The lowest BCUT2D eigenvalue weighted by molar-refractivity contribution is -0.140. The topological polar surface area (TPSA) is 92.4 Å². The van der Waals surface area contributed by atoms with Crippen LogP contribution in [-0.2, 0) is 9.59 Å². The Morgan fingerprint density at radius 1 is 1.38 bits per heavy atom. The van der Waals surface area contributed by atoms with Crippen molar-refractivity contribution in [3.63, 3.8) is 0 Å². The van der Waals surface area contributed by atoms with Crippen LogP contribution in [0.2, 0.25) is 0 Å². The number of aliphatic carboxylic acids is 1. The minimum absolute atomic E-state index is 0. The summed E-state index contributed by atoms with van der Waals surface area (Å²) in [6, 6.07) is -0.874. The molecule has 1 amide bonds. The van der Waals surface area contributed by atoms with E-state index in [4.69, 9.17) is 10.8 Å². The van der Waals surface area contributed by atoms with Gasteiger partial charge in [-0.2, -0.15) is 25.3 Å². The van der Waals surface area contributed by atoms with Crippen LogP contribution < -0.4 is 11.1 Å². The van der Waals surface area contributed by atoms with Gasteiger partial charge in [0.2, 0.25) is 5.91 Å². The van der Waals surface area contributed by atoms with Gasteiger partial charge < -0.3 is 16.2 Å². The second-order valence-electron chi connectivity index (χ2n) is 2.29. The lowest BCUT2D eigenvalue weighted by atomic mass is 10.3. The highest BCUT2D eigenvalue weighted by Gasteiger charge is 2.15. The largest absolute Gasteiger partial charge is 0.480 e. The molecule has 0 heterocycles. The normalized spacial score (nSPS) is 9.50. The van der Waals surface area contributed by atoms with E-state index in [2.05, 4.69) is 30.6 Å². The Bertz CT molecular complexity index is 185. The molecular formula is C7H18Cl2N2O3S2. The number of hydrogen-bond acceptors (Lipinski definition) is 5. The van der Waals surface area contributed by atoms with Crippen LogP contribution in [0, 0.1) is 0 Å². The fourth-order valence-corrected chi connectivity index (χ4v) is 0.678. The summed E-state index contributed by atoms with van der Waals surface area (Å²) in [7, 11) is 0. The van der Waals surface area contributed by atoms with Crippen molar-refractivity contribution in [2.24, 2.45) is 5.73 Å². The highest BCUT2D eigenvalue weighted by atomic mass is 35.5. The first kappa shape index (κ1) is 25.1. The van der Waals surface area contributed by atoms with Crippen molar-refractivity contribution in [2.75, 3.05) is 18.1 Å². The zero-order valence-corrected chi connectivity index (χ0v) is 12.2. The standard InChI is InChI=1S/C5H9NO3S.C2H7NS.2ClH/c1-3(7)6-4(2-10)5(8)9;3-1-2-4;;/h4,10H,2H2,1H3,(H,6,7)(H,8,9);4H,1-3H2;2*1H. The summed E-state index contributed by atoms with van der Waals surface area (Å²) in [6.45, 7) is 1.95. The van der Waals surface area contributed by atoms with Crippen molar-refractivity contribution >= 4 is 61.9 Å². The Balaban J connectivity index is -0.000000105. The quantitative estimate of drug-likeness (QED) is 0.480. The summed E-state index contributed by atoms with van der Waals surface area (Å²) in [4.78, 5) is 20.5. The number of carboxylic acids is 1.